The number of fused-ring (bicyclic) bond motifs is 2. The lowest BCUT2D eigenvalue weighted by atomic mass is 9.93. The Labute approximate surface area is 120 Å². The van der Waals surface area contributed by atoms with Gasteiger partial charge in [0.2, 0.25) is 0 Å². The molecule has 0 aliphatic heterocycles. The molecule has 6 heteroatoms. The van der Waals surface area contributed by atoms with Crippen molar-refractivity contribution < 1.29 is 4.39 Å². The number of benzene rings is 1. The summed E-state index contributed by atoms with van der Waals surface area (Å²) in [5, 5.41) is 10.9. The molecule has 0 unspecified atom stereocenters. The minimum atomic E-state index is -0.296. The number of aromatic nitrogens is 4. The first-order chi connectivity index (χ1) is 10.3. The van der Waals surface area contributed by atoms with Gasteiger partial charge in [-0.3, -0.25) is 5.10 Å². The summed E-state index contributed by atoms with van der Waals surface area (Å²) < 4.78 is 14.1. The van der Waals surface area contributed by atoms with Gasteiger partial charge in [-0.1, -0.05) is 6.07 Å². The second-order valence-corrected chi connectivity index (χ2v) is 5.31. The second-order valence-electron chi connectivity index (χ2n) is 5.31. The van der Waals surface area contributed by atoms with Crippen LogP contribution in [0.4, 0.5) is 10.2 Å². The van der Waals surface area contributed by atoms with Crippen molar-refractivity contribution in [2.45, 2.75) is 25.3 Å². The maximum Gasteiger partial charge on any atom is 0.140 e. The first-order valence-electron chi connectivity index (χ1n) is 6.98. The molecule has 1 aliphatic rings. The summed E-state index contributed by atoms with van der Waals surface area (Å²) in [5.74, 6) is 0.269. The van der Waals surface area contributed by atoms with Crippen molar-refractivity contribution in [3.8, 4) is 0 Å². The number of rotatable bonds is 2. The monoisotopic (exact) mass is 283 g/mol. The molecule has 0 saturated carbocycles. The van der Waals surface area contributed by atoms with Crippen molar-refractivity contribution in [2.75, 3.05) is 5.32 Å². The number of nitrogens with one attached hydrogen (secondary N) is 2. The number of aryl methyl sites for hydroxylation is 1. The fraction of sp³-hybridized carbons (Fsp3) is 0.267. The Kier molecular flexibility index (Phi) is 2.80. The number of nitrogens with zero attached hydrogens (tertiary/aromatic N) is 3. The van der Waals surface area contributed by atoms with Crippen LogP contribution < -0.4 is 5.32 Å². The topological polar surface area (TPSA) is 66.5 Å². The largest absolute Gasteiger partial charge is 0.366 e. The molecule has 3 aromatic rings. The van der Waals surface area contributed by atoms with E-state index in [1.807, 2.05) is 6.20 Å². The third-order valence-corrected chi connectivity index (χ3v) is 3.97. The van der Waals surface area contributed by atoms with Crippen molar-refractivity contribution in [1.29, 1.82) is 0 Å². The molecule has 4 rings (SSSR count). The van der Waals surface area contributed by atoms with E-state index < -0.39 is 0 Å². The number of halogens is 1. The Morgan fingerprint density at radius 2 is 2.24 bits per heavy atom. The molecule has 0 bridgehead atoms. The fourth-order valence-electron chi connectivity index (χ4n) is 2.91. The van der Waals surface area contributed by atoms with Crippen LogP contribution in [0.3, 0.4) is 0 Å². The first-order valence-corrected chi connectivity index (χ1v) is 6.98. The fourth-order valence-corrected chi connectivity index (χ4v) is 2.91. The third-order valence-electron chi connectivity index (χ3n) is 3.97. The average molecular weight is 283 g/mol. The zero-order valence-corrected chi connectivity index (χ0v) is 11.3. The predicted molar refractivity (Wildman–Crippen MR) is 77.5 cm³/mol. The van der Waals surface area contributed by atoms with Crippen molar-refractivity contribution in [1.82, 2.24) is 20.2 Å². The smallest absolute Gasteiger partial charge is 0.140 e. The van der Waals surface area contributed by atoms with Gasteiger partial charge in [0.05, 0.1) is 17.1 Å². The molecule has 0 amide bonds. The molecule has 0 spiro atoms. The van der Waals surface area contributed by atoms with Gasteiger partial charge in [-0.15, -0.1) is 0 Å². The predicted octanol–water partition coefficient (Wildman–Crippen LogP) is 2.46. The van der Waals surface area contributed by atoms with Gasteiger partial charge in [0.1, 0.15) is 18.0 Å². The Balaban J connectivity index is 1.66. The van der Waals surface area contributed by atoms with Gasteiger partial charge >= 0.3 is 0 Å². The Morgan fingerprint density at radius 3 is 3.19 bits per heavy atom. The van der Waals surface area contributed by atoms with E-state index >= 15 is 0 Å². The van der Waals surface area contributed by atoms with Crippen LogP contribution in [0.25, 0.3) is 10.9 Å². The van der Waals surface area contributed by atoms with Crippen LogP contribution in [0.15, 0.2) is 30.7 Å². The molecule has 1 aromatic carbocycles. The summed E-state index contributed by atoms with van der Waals surface area (Å²) in [5.41, 5.74) is 3.04. The second kappa shape index (κ2) is 4.80. The molecule has 2 heterocycles. The van der Waals surface area contributed by atoms with Crippen molar-refractivity contribution in [3.63, 3.8) is 0 Å². The van der Waals surface area contributed by atoms with E-state index in [2.05, 4.69) is 25.5 Å². The van der Waals surface area contributed by atoms with Gasteiger partial charge in [-0.2, -0.15) is 5.10 Å². The maximum atomic E-state index is 14.1. The molecule has 5 nitrogen and oxygen atoms in total. The number of H-pyrrole nitrogens is 1. The molecular formula is C15H14FN5. The number of hydrogen-bond donors (Lipinski definition) is 2. The minimum absolute atomic E-state index is 0.229. The standard InChI is InChI=1S/C15H14FN5/c16-11-2-1-3-13-14(11)15(18-8-17-13)20-10-4-5-12-9(6-10)7-19-21-12/h1-3,7-8,10H,4-6H2,(H,19,21)(H,17,18,20)/t10-/m0/s1. The summed E-state index contributed by atoms with van der Waals surface area (Å²) in [6.07, 6.45) is 6.11. The molecule has 0 saturated heterocycles. The van der Waals surface area contributed by atoms with E-state index in [9.17, 15) is 4.39 Å². The quantitative estimate of drug-likeness (QED) is 0.758. The summed E-state index contributed by atoms with van der Waals surface area (Å²) in [7, 11) is 0. The lowest BCUT2D eigenvalue weighted by molar-refractivity contribution is 0.601. The van der Waals surface area contributed by atoms with Crippen LogP contribution in [-0.2, 0) is 12.8 Å². The molecule has 21 heavy (non-hydrogen) atoms. The van der Waals surface area contributed by atoms with E-state index in [4.69, 9.17) is 0 Å². The number of hydrogen-bond acceptors (Lipinski definition) is 4. The van der Waals surface area contributed by atoms with Crippen molar-refractivity contribution in [2.24, 2.45) is 0 Å². The molecule has 1 aliphatic carbocycles. The van der Waals surface area contributed by atoms with Gasteiger partial charge in [-0.25, -0.2) is 14.4 Å². The van der Waals surface area contributed by atoms with Crippen LogP contribution in [0.1, 0.15) is 17.7 Å². The highest BCUT2D eigenvalue weighted by atomic mass is 19.1. The zero-order valence-electron chi connectivity index (χ0n) is 11.3. The van der Waals surface area contributed by atoms with Crippen LogP contribution in [0, 0.1) is 5.82 Å². The van der Waals surface area contributed by atoms with E-state index in [1.54, 1.807) is 12.1 Å². The van der Waals surface area contributed by atoms with Gasteiger partial charge in [-0.05, 0) is 37.0 Å². The minimum Gasteiger partial charge on any atom is -0.366 e. The lowest BCUT2D eigenvalue weighted by Gasteiger charge is -2.23. The molecule has 1 atom stereocenters. The van der Waals surface area contributed by atoms with Gasteiger partial charge in [0.15, 0.2) is 0 Å². The van der Waals surface area contributed by atoms with Crippen LogP contribution in [-0.4, -0.2) is 26.2 Å². The van der Waals surface area contributed by atoms with E-state index in [1.165, 1.54) is 23.7 Å². The number of anilines is 1. The summed E-state index contributed by atoms with van der Waals surface area (Å²) in [6, 6.07) is 5.12. The highest BCUT2D eigenvalue weighted by molar-refractivity contribution is 5.89. The van der Waals surface area contributed by atoms with E-state index in [-0.39, 0.29) is 11.9 Å². The molecule has 0 fully saturated rings. The average Bonchev–Trinajstić information content (AvgIpc) is 2.95. The van der Waals surface area contributed by atoms with E-state index in [0.717, 1.165) is 19.3 Å². The van der Waals surface area contributed by atoms with Crippen LogP contribution in [0.2, 0.25) is 0 Å². The summed E-state index contributed by atoms with van der Waals surface area (Å²) >= 11 is 0. The molecule has 2 N–H and O–H groups in total. The lowest BCUT2D eigenvalue weighted by Crippen LogP contribution is -2.27. The highest BCUT2D eigenvalue weighted by Crippen LogP contribution is 2.26. The Bertz CT molecular complexity index is 792. The van der Waals surface area contributed by atoms with Crippen LogP contribution >= 0.6 is 0 Å². The van der Waals surface area contributed by atoms with Crippen molar-refractivity contribution in [3.05, 3.63) is 47.8 Å². The van der Waals surface area contributed by atoms with E-state index in [0.29, 0.717) is 16.7 Å². The Morgan fingerprint density at radius 1 is 1.29 bits per heavy atom. The zero-order chi connectivity index (χ0) is 14.2. The van der Waals surface area contributed by atoms with Gasteiger partial charge in [0, 0.05) is 11.7 Å². The summed E-state index contributed by atoms with van der Waals surface area (Å²) in [4.78, 5) is 8.34. The first kappa shape index (κ1) is 12.3. The van der Waals surface area contributed by atoms with Gasteiger partial charge < -0.3 is 5.32 Å². The number of aromatic amines is 1. The molecular weight excluding hydrogens is 269 g/mol. The molecule has 2 aromatic heterocycles. The van der Waals surface area contributed by atoms with Crippen LogP contribution in [0.5, 0.6) is 0 Å². The molecule has 0 radical (unpaired) electrons. The molecule has 106 valence electrons. The normalized spacial score (nSPS) is 17.7. The third kappa shape index (κ3) is 2.12. The SMILES string of the molecule is Fc1cccc2ncnc(N[C@H]3CCc4[nH]ncc4C3)c12. The van der Waals surface area contributed by atoms with Crippen molar-refractivity contribution >= 4 is 16.7 Å². The van der Waals surface area contributed by atoms with Gasteiger partial charge in [0.25, 0.3) is 0 Å². The summed E-state index contributed by atoms with van der Waals surface area (Å²) in [6.45, 7) is 0. The Hall–Kier alpha value is -2.50. The maximum absolute atomic E-state index is 14.1. The highest BCUT2D eigenvalue weighted by Gasteiger charge is 2.21.